The number of benzene rings is 1. The molecule has 4 aromatic rings. The Morgan fingerprint density at radius 1 is 1.06 bits per heavy atom. The van der Waals surface area contributed by atoms with Crippen LogP contribution in [-0.4, -0.2) is 31.2 Å². The largest absolute Gasteiger partial charge is 0.383 e. The number of hydrazone groups is 1. The predicted octanol–water partition coefficient (Wildman–Crippen LogP) is 3.87. The van der Waals surface area contributed by atoms with Crippen molar-refractivity contribution in [2.75, 3.05) is 5.73 Å². The Labute approximate surface area is 209 Å². The minimum Gasteiger partial charge on any atom is -0.383 e. The monoisotopic (exact) mass is 482 g/mol. The van der Waals surface area contributed by atoms with Crippen molar-refractivity contribution in [1.29, 1.82) is 0 Å². The van der Waals surface area contributed by atoms with Gasteiger partial charge in [-0.3, -0.25) is 9.78 Å². The first kappa shape index (κ1) is 23.5. The first-order valence-corrected chi connectivity index (χ1v) is 12.2. The molecule has 1 fully saturated rings. The zero-order valence-electron chi connectivity index (χ0n) is 20.3. The molecule has 0 bridgehead atoms. The molecule has 1 aliphatic carbocycles. The Balaban J connectivity index is 1.55. The van der Waals surface area contributed by atoms with E-state index in [0.29, 0.717) is 29.5 Å². The SMILES string of the molecule is C/C(=N\N)c1c(C2CCC(CC(N)=O)CC2)nc2c(-c3ccc(-c4ccccc4)nc3)cnn2c1N. The summed E-state index contributed by atoms with van der Waals surface area (Å²) in [6.07, 6.45) is 7.64. The maximum absolute atomic E-state index is 11.4. The highest BCUT2D eigenvalue weighted by molar-refractivity contribution is 6.04. The average molecular weight is 483 g/mol. The Hall–Kier alpha value is -4.27. The number of carbonyl (C=O) groups excluding carboxylic acids is 1. The first-order chi connectivity index (χ1) is 17.5. The number of nitrogens with zero attached hydrogens (tertiary/aromatic N) is 5. The van der Waals surface area contributed by atoms with Crippen molar-refractivity contribution in [2.24, 2.45) is 22.6 Å². The van der Waals surface area contributed by atoms with Crippen LogP contribution in [0.15, 0.2) is 60.0 Å². The summed E-state index contributed by atoms with van der Waals surface area (Å²) in [5, 5.41) is 8.46. The molecule has 0 spiro atoms. The Morgan fingerprint density at radius 2 is 1.81 bits per heavy atom. The number of aromatic nitrogens is 4. The number of nitrogens with two attached hydrogens (primary N) is 3. The Morgan fingerprint density at radius 3 is 2.44 bits per heavy atom. The van der Waals surface area contributed by atoms with Gasteiger partial charge in [0.2, 0.25) is 5.91 Å². The van der Waals surface area contributed by atoms with Crippen molar-refractivity contribution in [1.82, 2.24) is 19.6 Å². The number of pyridine rings is 1. The summed E-state index contributed by atoms with van der Waals surface area (Å²) in [5.41, 5.74) is 18.7. The van der Waals surface area contributed by atoms with Gasteiger partial charge in [0.05, 0.1) is 28.9 Å². The van der Waals surface area contributed by atoms with Crippen LogP contribution in [0.4, 0.5) is 5.82 Å². The number of carbonyl (C=O) groups is 1. The second kappa shape index (κ2) is 9.77. The van der Waals surface area contributed by atoms with Gasteiger partial charge in [0, 0.05) is 35.2 Å². The summed E-state index contributed by atoms with van der Waals surface area (Å²) < 4.78 is 1.65. The highest BCUT2D eigenvalue weighted by atomic mass is 16.1. The van der Waals surface area contributed by atoms with Gasteiger partial charge in [0.25, 0.3) is 0 Å². The van der Waals surface area contributed by atoms with Crippen molar-refractivity contribution in [3.63, 3.8) is 0 Å². The summed E-state index contributed by atoms with van der Waals surface area (Å²) >= 11 is 0. The van der Waals surface area contributed by atoms with Gasteiger partial charge in [-0.05, 0) is 44.6 Å². The number of anilines is 1. The lowest BCUT2D eigenvalue weighted by Gasteiger charge is -2.29. The van der Waals surface area contributed by atoms with Crippen LogP contribution >= 0.6 is 0 Å². The molecule has 1 aliphatic rings. The van der Waals surface area contributed by atoms with E-state index in [1.807, 2.05) is 55.6 Å². The van der Waals surface area contributed by atoms with Crippen molar-refractivity contribution in [3.05, 3.63) is 66.1 Å². The van der Waals surface area contributed by atoms with Crippen LogP contribution in [-0.2, 0) is 4.79 Å². The molecule has 0 aliphatic heterocycles. The highest BCUT2D eigenvalue weighted by Gasteiger charge is 2.29. The second-order valence-corrected chi connectivity index (χ2v) is 9.45. The molecule has 9 heteroatoms. The smallest absolute Gasteiger partial charge is 0.217 e. The number of nitrogen functional groups attached to an aromatic ring is 1. The Bertz CT molecular complexity index is 1420. The third-order valence-electron chi connectivity index (χ3n) is 7.13. The molecule has 0 atom stereocenters. The van der Waals surface area contributed by atoms with E-state index >= 15 is 0 Å². The van der Waals surface area contributed by atoms with Crippen molar-refractivity contribution < 1.29 is 4.79 Å². The number of rotatable bonds is 6. The molecule has 6 N–H and O–H groups in total. The molecule has 0 radical (unpaired) electrons. The summed E-state index contributed by atoms with van der Waals surface area (Å²) in [4.78, 5) is 21.1. The van der Waals surface area contributed by atoms with Gasteiger partial charge in [-0.25, -0.2) is 4.98 Å². The summed E-state index contributed by atoms with van der Waals surface area (Å²) in [7, 11) is 0. The molecular formula is C27H30N8O. The van der Waals surface area contributed by atoms with Crippen LogP contribution in [0.3, 0.4) is 0 Å². The summed E-state index contributed by atoms with van der Waals surface area (Å²) in [6.45, 7) is 1.83. The molecule has 5 rings (SSSR count). The van der Waals surface area contributed by atoms with Crippen molar-refractivity contribution in [2.45, 2.75) is 44.9 Å². The Kier molecular flexibility index (Phi) is 6.37. The minimum atomic E-state index is -0.246. The zero-order chi connectivity index (χ0) is 25.2. The standard InChI is InChI=1S/C27H30N8O/c1-16(34-30)24-25(19-9-7-17(8-10-19)13-23(28)36)33-27-21(15-32-35(27)26(24)29)20-11-12-22(31-14-20)18-5-3-2-4-6-18/h2-6,11-12,14-15,17,19H,7-10,13,29-30H2,1H3,(H2,28,36)/b34-16+. The molecule has 1 amide bonds. The summed E-state index contributed by atoms with van der Waals surface area (Å²) in [5.74, 6) is 6.37. The van der Waals surface area contributed by atoms with Crippen LogP contribution in [0.1, 0.15) is 56.2 Å². The van der Waals surface area contributed by atoms with Gasteiger partial charge < -0.3 is 17.3 Å². The minimum absolute atomic E-state index is 0.175. The van der Waals surface area contributed by atoms with Crippen LogP contribution < -0.4 is 17.3 Å². The van der Waals surface area contributed by atoms with E-state index in [2.05, 4.69) is 15.2 Å². The van der Waals surface area contributed by atoms with E-state index in [9.17, 15) is 4.79 Å². The predicted molar refractivity (Wildman–Crippen MR) is 141 cm³/mol. The molecule has 3 heterocycles. The van der Waals surface area contributed by atoms with Crippen LogP contribution in [0.2, 0.25) is 0 Å². The normalized spacial score (nSPS) is 18.4. The number of hydrogen-bond acceptors (Lipinski definition) is 7. The molecule has 1 saturated carbocycles. The fourth-order valence-electron chi connectivity index (χ4n) is 5.22. The van der Waals surface area contributed by atoms with Crippen LogP contribution in [0.5, 0.6) is 0 Å². The lowest BCUT2D eigenvalue weighted by atomic mass is 9.78. The summed E-state index contributed by atoms with van der Waals surface area (Å²) in [6, 6.07) is 14.1. The van der Waals surface area contributed by atoms with Gasteiger partial charge in [-0.15, -0.1) is 0 Å². The highest BCUT2D eigenvalue weighted by Crippen LogP contribution is 2.40. The maximum Gasteiger partial charge on any atom is 0.217 e. The molecule has 184 valence electrons. The van der Waals surface area contributed by atoms with Crippen LogP contribution in [0.25, 0.3) is 28.0 Å². The fourth-order valence-corrected chi connectivity index (χ4v) is 5.22. The van der Waals surface area contributed by atoms with Crippen LogP contribution in [0, 0.1) is 5.92 Å². The third-order valence-corrected chi connectivity index (χ3v) is 7.13. The molecule has 3 aromatic heterocycles. The number of primary amides is 1. The fraction of sp³-hybridized carbons (Fsp3) is 0.296. The number of fused-ring (bicyclic) bond motifs is 1. The second-order valence-electron chi connectivity index (χ2n) is 9.45. The van der Waals surface area contributed by atoms with Gasteiger partial charge >= 0.3 is 0 Å². The van der Waals surface area contributed by atoms with E-state index in [1.54, 1.807) is 10.7 Å². The molecule has 1 aromatic carbocycles. The van der Waals surface area contributed by atoms with Gasteiger partial charge in [-0.1, -0.05) is 36.4 Å². The van der Waals surface area contributed by atoms with Gasteiger partial charge in [0.15, 0.2) is 5.65 Å². The van der Waals surface area contributed by atoms with E-state index in [4.69, 9.17) is 22.3 Å². The van der Waals surface area contributed by atoms with E-state index in [0.717, 1.165) is 59.3 Å². The van der Waals surface area contributed by atoms with Crippen molar-refractivity contribution in [3.8, 4) is 22.4 Å². The van der Waals surface area contributed by atoms with E-state index in [1.165, 1.54) is 0 Å². The van der Waals surface area contributed by atoms with Crippen molar-refractivity contribution >= 4 is 23.1 Å². The third kappa shape index (κ3) is 4.39. The number of amides is 1. The quantitative estimate of drug-likeness (QED) is 0.216. The van der Waals surface area contributed by atoms with E-state index < -0.39 is 0 Å². The average Bonchev–Trinajstić information content (AvgIpc) is 3.33. The molecule has 36 heavy (non-hydrogen) atoms. The lowest BCUT2D eigenvalue weighted by Crippen LogP contribution is -2.23. The maximum atomic E-state index is 11.4. The number of hydrogen-bond donors (Lipinski definition) is 3. The van der Waals surface area contributed by atoms with Gasteiger partial charge in [0.1, 0.15) is 5.82 Å². The first-order valence-electron chi connectivity index (χ1n) is 12.2. The van der Waals surface area contributed by atoms with Gasteiger partial charge in [-0.2, -0.15) is 14.7 Å². The zero-order valence-corrected chi connectivity index (χ0v) is 20.3. The molecule has 0 unspecified atom stereocenters. The molecule has 9 nitrogen and oxygen atoms in total. The lowest BCUT2D eigenvalue weighted by molar-refractivity contribution is -0.119. The van der Waals surface area contributed by atoms with E-state index in [-0.39, 0.29) is 11.8 Å². The molecule has 0 saturated heterocycles. The molecular weight excluding hydrogens is 452 g/mol. The topological polar surface area (TPSA) is 151 Å².